The molecule has 29 heavy (non-hydrogen) atoms. The monoisotopic (exact) mass is 390 g/mol. The number of hydrogen-bond acceptors (Lipinski definition) is 3. The van der Waals surface area contributed by atoms with Crippen molar-refractivity contribution in [2.24, 2.45) is 11.8 Å². The molecule has 3 amide bonds. The van der Waals surface area contributed by atoms with Crippen molar-refractivity contribution in [3.8, 4) is 0 Å². The molecule has 2 atom stereocenters. The number of carbonyl (C=O) groups is 3. The van der Waals surface area contributed by atoms with Gasteiger partial charge in [0.05, 0.1) is 11.1 Å². The molecule has 2 aromatic rings. The number of amides is 3. The van der Waals surface area contributed by atoms with E-state index in [1.165, 1.54) is 10.5 Å². The molecule has 1 aliphatic heterocycles. The normalized spacial score (nSPS) is 21.2. The van der Waals surface area contributed by atoms with Crippen molar-refractivity contribution in [2.75, 3.05) is 13.1 Å². The van der Waals surface area contributed by atoms with Gasteiger partial charge < -0.3 is 5.32 Å². The number of imide groups is 1. The molecule has 0 radical (unpaired) electrons. The number of nitrogens with one attached hydrogen (secondary N) is 1. The molecule has 2 aromatic carbocycles. The highest BCUT2D eigenvalue weighted by Crippen LogP contribution is 2.33. The number of nitrogens with zero attached hydrogens (tertiary/aromatic N) is 1. The number of fused-ring (bicyclic) bond motifs is 1. The maximum Gasteiger partial charge on any atom is 0.261 e. The average Bonchev–Trinajstić information content (AvgIpc) is 3.00. The fraction of sp³-hybridized carbons (Fsp3) is 0.375. The van der Waals surface area contributed by atoms with E-state index in [9.17, 15) is 14.4 Å². The average molecular weight is 390 g/mol. The lowest BCUT2D eigenvalue weighted by molar-refractivity contribution is -0.127. The maximum absolute atomic E-state index is 12.9. The Labute approximate surface area is 171 Å². The molecule has 1 fully saturated rings. The van der Waals surface area contributed by atoms with Gasteiger partial charge in [-0.25, -0.2) is 0 Å². The Morgan fingerprint density at radius 3 is 2.21 bits per heavy atom. The van der Waals surface area contributed by atoms with Crippen molar-refractivity contribution < 1.29 is 14.4 Å². The van der Waals surface area contributed by atoms with Gasteiger partial charge in [-0.3, -0.25) is 19.3 Å². The first-order valence-electron chi connectivity index (χ1n) is 10.4. The molecule has 2 aliphatic rings. The Hall–Kier alpha value is -2.95. The quantitative estimate of drug-likeness (QED) is 0.769. The van der Waals surface area contributed by atoms with E-state index in [1.54, 1.807) is 24.3 Å². The maximum atomic E-state index is 12.9. The zero-order valence-corrected chi connectivity index (χ0v) is 16.5. The minimum Gasteiger partial charge on any atom is -0.356 e. The van der Waals surface area contributed by atoms with Crippen LogP contribution in [0.4, 0.5) is 0 Å². The van der Waals surface area contributed by atoms with Gasteiger partial charge in [0.2, 0.25) is 5.91 Å². The Morgan fingerprint density at radius 1 is 0.897 bits per heavy atom. The van der Waals surface area contributed by atoms with Crippen molar-refractivity contribution >= 4 is 17.7 Å². The molecule has 5 heteroatoms. The second-order valence-electron chi connectivity index (χ2n) is 7.94. The number of hydrogen-bond donors (Lipinski definition) is 1. The summed E-state index contributed by atoms with van der Waals surface area (Å²) in [6.45, 7) is 0.919. The number of carbonyl (C=O) groups excluding carboxylic acids is 3. The van der Waals surface area contributed by atoms with Crippen molar-refractivity contribution in [3.05, 3.63) is 71.3 Å². The third-order valence-electron chi connectivity index (χ3n) is 6.10. The van der Waals surface area contributed by atoms with E-state index in [-0.39, 0.29) is 29.6 Å². The molecule has 1 heterocycles. The predicted octanol–water partition coefficient (Wildman–Crippen LogP) is 3.45. The van der Waals surface area contributed by atoms with Crippen LogP contribution >= 0.6 is 0 Å². The molecule has 0 aromatic heterocycles. The van der Waals surface area contributed by atoms with E-state index in [2.05, 4.69) is 17.4 Å². The van der Waals surface area contributed by atoms with E-state index in [0.29, 0.717) is 24.2 Å². The van der Waals surface area contributed by atoms with Crippen LogP contribution in [0.3, 0.4) is 0 Å². The van der Waals surface area contributed by atoms with E-state index in [0.717, 1.165) is 32.1 Å². The molecule has 0 spiro atoms. The molecule has 2 unspecified atom stereocenters. The smallest absolute Gasteiger partial charge is 0.261 e. The molecule has 0 bridgehead atoms. The standard InChI is InChI=1S/C24H26N2O3/c27-22(25-15-14-17-8-2-1-3-9-17)19-11-5-4-10-18(19)16-26-23(28)20-12-6-7-13-21(20)24(26)29/h1-3,6-9,12-13,18-19H,4-5,10-11,14-16H2,(H,25,27). The minimum absolute atomic E-state index is 0.0164. The van der Waals surface area contributed by atoms with Crippen LogP contribution in [0.2, 0.25) is 0 Å². The highest BCUT2D eigenvalue weighted by Gasteiger charge is 2.39. The van der Waals surface area contributed by atoms with Crippen LogP contribution in [0.1, 0.15) is 52.0 Å². The van der Waals surface area contributed by atoms with Crippen LogP contribution < -0.4 is 5.32 Å². The number of benzene rings is 2. The van der Waals surface area contributed by atoms with Crippen LogP contribution in [0.5, 0.6) is 0 Å². The Balaban J connectivity index is 1.38. The summed E-state index contributed by atoms with van der Waals surface area (Å²) in [5, 5.41) is 3.07. The number of rotatable bonds is 6. The third kappa shape index (κ3) is 4.09. The van der Waals surface area contributed by atoms with E-state index >= 15 is 0 Å². The summed E-state index contributed by atoms with van der Waals surface area (Å²) in [5.74, 6) is -0.562. The third-order valence-corrected chi connectivity index (χ3v) is 6.10. The molecule has 0 saturated heterocycles. The topological polar surface area (TPSA) is 66.5 Å². The molecular formula is C24H26N2O3. The van der Waals surface area contributed by atoms with Crippen molar-refractivity contribution in [3.63, 3.8) is 0 Å². The molecule has 1 aliphatic carbocycles. The van der Waals surface area contributed by atoms with Crippen LogP contribution in [0, 0.1) is 11.8 Å². The van der Waals surface area contributed by atoms with Gasteiger partial charge in [0.1, 0.15) is 0 Å². The summed E-state index contributed by atoms with van der Waals surface area (Å²) >= 11 is 0. The van der Waals surface area contributed by atoms with Gasteiger partial charge in [-0.2, -0.15) is 0 Å². The zero-order valence-electron chi connectivity index (χ0n) is 16.5. The second kappa shape index (κ2) is 8.60. The minimum atomic E-state index is -0.237. The van der Waals surface area contributed by atoms with Gasteiger partial charge in [0.15, 0.2) is 0 Å². The van der Waals surface area contributed by atoms with Crippen molar-refractivity contribution in [2.45, 2.75) is 32.1 Å². The lowest BCUT2D eigenvalue weighted by Crippen LogP contribution is -2.43. The van der Waals surface area contributed by atoms with Crippen LogP contribution in [0.15, 0.2) is 54.6 Å². The lowest BCUT2D eigenvalue weighted by Gasteiger charge is -2.32. The molecule has 150 valence electrons. The van der Waals surface area contributed by atoms with Gasteiger partial charge in [0, 0.05) is 19.0 Å². The van der Waals surface area contributed by atoms with Gasteiger partial charge in [-0.1, -0.05) is 55.3 Å². The Kier molecular flexibility index (Phi) is 5.74. The SMILES string of the molecule is O=C(NCCc1ccccc1)C1CCCCC1CN1C(=O)c2ccccc2C1=O. The van der Waals surface area contributed by atoms with Crippen LogP contribution in [0.25, 0.3) is 0 Å². The highest BCUT2D eigenvalue weighted by molar-refractivity contribution is 6.21. The lowest BCUT2D eigenvalue weighted by atomic mass is 9.78. The molecule has 5 nitrogen and oxygen atoms in total. The fourth-order valence-electron chi connectivity index (χ4n) is 4.52. The first-order valence-corrected chi connectivity index (χ1v) is 10.4. The van der Waals surface area contributed by atoms with Gasteiger partial charge in [-0.15, -0.1) is 0 Å². The Bertz CT molecular complexity index is 874. The van der Waals surface area contributed by atoms with E-state index in [4.69, 9.17) is 0 Å². The van der Waals surface area contributed by atoms with Gasteiger partial charge >= 0.3 is 0 Å². The second-order valence-corrected chi connectivity index (χ2v) is 7.94. The summed E-state index contributed by atoms with van der Waals surface area (Å²) < 4.78 is 0. The van der Waals surface area contributed by atoms with Crippen LogP contribution in [-0.2, 0) is 11.2 Å². The van der Waals surface area contributed by atoms with E-state index < -0.39 is 0 Å². The molecule has 4 rings (SSSR count). The van der Waals surface area contributed by atoms with Crippen molar-refractivity contribution in [1.82, 2.24) is 10.2 Å². The summed E-state index contributed by atoms with van der Waals surface area (Å²) in [7, 11) is 0. The summed E-state index contributed by atoms with van der Waals surface area (Å²) in [6, 6.07) is 17.0. The summed E-state index contributed by atoms with van der Waals surface area (Å²) in [6.07, 6.45) is 4.51. The fourth-order valence-corrected chi connectivity index (χ4v) is 4.52. The van der Waals surface area contributed by atoms with Crippen LogP contribution in [-0.4, -0.2) is 35.7 Å². The highest BCUT2D eigenvalue weighted by atomic mass is 16.2. The predicted molar refractivity (Wildman–Crippen MR) is 110 cm³/mol. The Morgan fingerprint density at radius 2 is 1.52 bits per heavy atom. The van der Waals surface area contributed by atoms with E-state index in [1.807, 2.05) is 18.2 Å². The largest absolute Gasteiger partial charge is 0.356 e. The van der Waals surface area contributed by atoms with Gasteiger partial charge in [-0.05, 0) is 42.9 Å². The molecular weight excluding hydrogens is 364 g/mol. The zero-order chi connectivity index (χ0) is 20.2. The first-order chi connectivity index (χ1) is 14.1. The molecule has 1 N–H and O–H groups in total. The van der Waals surface area contributed by atoms with Gasteiger partial charge in [0.25, 0.3) is 11.8 Å². The summed E-state index contributed by atoms with van der Waals surface area (Å²) in [5.41, 5.74) is 2.13. The summed E-state index contributed by atoms with van der Waals surface area (Å²) in [4.78, 5) is 39.6. The molecule has 1 saturated carbocycles. The van der Waals surface area contributed by atoms with Crippen molar-refractivity contribution in [1.29, 1.82) is 0 Å². The first kappa shape index (κ1) is 19.4.